The molecule has 4 fully saturated rings. The van der Waals surface area contributed by atoms with Crippen molar-refractivity contribution in [2.75, 3.05) is 39.3 Å². The van der Waals surface area contributed by atoms with Gasteiger partial charge in [0.25, 0.3) is 5.91 Å². The first-order chi connectivity index (χ1) is 15.3. The Hall–Kier alpha value is -1.51. The molecule has 13 heteroatoms. The van der Waals surface area contributed by atoms with E-state index in [2.05, 4.69) is 20.0 Å². The lowest BCUT2D eigenvalue weighted by Crippen LogP contribution is -2.50. The highest BCUT2D eigenvalue weighted by Crippen LogP contribution is 2.30. The number of hydroxylamine groups is 3. The Kier molecular flexibility index (Phi) is 7.52. The quantitative estimate of drug-likeness (QED) is 0.324. The maximum Gasteiger partial charge on any atom is 0.418 e. The van der Waals surface area contributed by atoms with Crippen molar-refractivity contribution < 1.29 is 31.7 Å². The molecule has 3 amide bonds. The van der Waals surface area contributed by atoms with Crippen LogP contribution in [0, 0.1) is 5.92 Å². The number of hydrogen-bond acceptors (Lipinski definition) is 8. The number of carbonyl (C=O) groups excluding carboxylic acids is 2. The number of urea groups is 1. The van der Waals surface area contributed by atoms with Crippen molar-refractivity contribution in [3.05, 3.63) is 0 Å². The molecule has 32 heavy (non-hydrogen) atoms. The van der Waals surface area contributed by atoms with Crippen LogP contribution >= 0.6 is 0 Å². The van der Waals surface area contributed by atoms with Crippen LogP contribution in [0.2, 0.25) is 0 Å². The summed E-state index contributed by atoms with van der Waals surface area (Å²) >= 11 is 0. The number of nitrogens with zero attached hydrogens (tertiary/aromatic N) is 3. The molecule has 4 saturated heterocycles. The van der Waals surface area contributed by atoms with E-state index in [1.165, 1.54) is 43.7 Å². The standard InChI is InChI=1S/C19H33N5O7S/c25-18(17-6-5-16-12-23(17)19(26)24(16)31-32(27,28)29)21-30-13-15-9-14(10-20-15)11-22-7-3-1-2-4-8-22/h14-17,20H,1-13H2,(H,21,25)(H,27,28,29)/t14-,15+,16-,17+/m1/s1. The molecule has 4 heterocycles. The summed E-state index contributed by atoms with van der Waals surface area (Å²) in [6.07, 6.45) is 6.91. The molecular formula is C19H33N5O7S. The van der Waals surface area contributed by atoms with Gasteiger partial charge in [-0.05, 0) is 57.7 Å². The van der Waals surface area contributed by atoms with Crippen molar-refractivity contribution in [1.29, 1.82) is 0 Å². The summed E-state index contributed by atoms with van der Waals surface area (Å²) < 4.78 is 35.2. The van der Waals surface area contributed by atoms with Crippen LogP contribution in [0.3, 0.4) is 0 Å². The van der Waals surface area contributed by atoms with Crippen molar-refractivity contribution in [3.8, 4) is 0 Å². The summed E-state index contributed by atoms with van der Waals surface area (Å²) in [4.78, 5) is 34.2. The molecule has 3 N–H and O–H groups in total. The number of fused-ring (bicyclic) bond motifs is 2. The van der Waals surface area contributed by atoms with Crippen LogP contribution in [0.5, 0.6) is 0 Å². The zero-order chi connectivity index (χ0) is 22.7. The Morgan fingerprint density at radius 3 is 2.66 bits per heavy atom. The number of likely N-dealkylation sites (tertiary alicyclic amines) is 1. The average Bonchev–Trinajstić information content (AvgIpc) is 3.14. The molecule has 0 aromatic heterocycles. The van der Waals surface area contributed by atoms with E-state index in [9.17, 15) is 18.0 Å². The van der Waals surface area contributed by atoms with Gasteiger partial charge in [-0.3, -0.25) is 14.2 Å². The third-order valence-corrected chi connectivity index (χ3v) is 7.13. The van der Waals surface area contributed by atoms with Gasteiger partial charge in [0.05, 0.1) is 12.6 Å². The molecule has 182 valence electrons. The smallest absolute Gasteiger partial charge is 0.311 e. The van der Waals surface area contributed by atoms with E-state index in [4.69, 9.17) is 9.39 Å². The fourth-order valence-electron chi connectivity index (χ4n) is 5.24. The van der Waals surface area contributed by atoms with Gasteiger partial charge in [-0.15, -0.1) is 4.28 Å². The number of nitrogens with one attached hydrogen (secondary N) is 2. The van der Waals surface area contributed by atoms with Crippen LogP contribution in [0.4, 0.5) is 4.79 Å². The maximum atomic E-state index is 12.6. The highest BCUT2D eigenvalue weighted by molar-refractivity contribution is 7.80. The van der Waals surface area contributed by atoms with E-state index in [0.717, 1.165) is 19.5 Å². The molecule has 0 aromatic carbocycles. The third kappa shape index (κ3) is 5.88. The van der Waals surface area contributed by atoms with E-state index in [1.54, 1.807) is 0 Å². The number of carbonyl (C=O) groups is 2. The zero-order valence-corrected chi connectivity index (χ0v) is 19.0. The number of piperidine rings is 1. The van der Waals surface area contributed by atoms with Crippen molar-refractivity contribution in [1.82, 2.24) is 25.7 Å². The van der Waals surface area contributed by atoms with Crippen LogP contribution < -0.4 is 10.8 Å². The first-order valence-electron chi connectivity index (χ1n) is 11.4. The van der Waals surface area contributed by atoms with Gasteiger partial charge in [-0.2, -0.15) is 13.5 Å². The molecule has 0 unspecified atom stereocenters. The van der Waals surface area contributed by atoms with Crippen molar-refractivity contribution in [3.63, 3.8) is 0 Å². The first-order valence-corrected chi connectivity index (χ1v) is 12.8. The minimum atomic E-state index is -4.81. The zero-order valence-electron chi connectivity index (χ0n) is 18.1. The largest absolute Gasteiger partial charge is 0.418 e. The molecule has 12 nitrogen and oxygen atoms in total. The predicted octanol–water partition coefficient (Wildman–Crippen LogP) is -0.109. The van der Waals surface area contributed by atoms with Crippen molar-refractivity contribution in [2.45, 2.75) is 63.1 Å². The Labute approximate surface area is 188 Å². The highest BCUT2D eigenvalue weighted by atomic mass is 32.3. The lowest BCUT2D eigenvalue weighted by atomic mass is 10.0. The molecule has 0 aromatic rings. The second-order valence-electron chi connectivity index (χ2n) is 9.21. The molecule has 0 aliphatic carbocycles. The first kappa shape index (κ1) is 23.6. The minimum absolute atomic E-state index is 0.148. The lowest BCUT2D eigenvalue weighted by Gasteiger charge is -2.29. The topological polar surface area (TPSA) is 141 Å². The van der Waals surface area contributed by atoms with Gasteiger partial charge in [0.1, 0.15) is 6.04 Å². The number of hydrogen-bond donors (Lipinski definition) is 3. The summed E-state index contributed by atoms with van der Waals surface area (Å²) in [5.41, 5.74) is 2.44. The van der Waals surface area contributed by atoms with Crippen LogP contribution in [0.1, 0.15) is 44.9 Å². The fourth-order valence-corrected chi connectivity index (χ4v) is 5.63. The number of rotatable bonds is 8. The average molecular weight is 476 g/mol. The fraction of sp³-hybridized carbons (Fsp3) is 0.895. The molecule has 0 radical (unpaired) electrons. The van der Waals surface area contributed by atoms with Gasteiger partial charge in [0.2, 0.25) is 0 Å². The minimum Gasteiger partial charge on any atom is -0.311 e. The normalized spacial score (nSPS) is 31.7. The second kappa shape index (κ2) is 10.2. The molecule has 4 rings (SSSR count). The van der Waals surface area contributed by atoms with E-state index >= 15 is 0 Å². The summed E-state index contributed by atoms with van der Waals surface area (Å²) in [5, 5.41) is 4.08. The summed E-state index contributed by atoms with van der Waals surface area (Å²) in [5.74, 6) is 0.119. The van der Waals surface area contributed by atoms with Crippen LogP contribution in [-0.2, 0) is 24.3 Å². The van der Waals surface area contributed by atoms with Gasteiger partial charge >= 0.3 is 16.4 Å². The molecule has 4 aliphatic rings. The van der Waals surface area contributed by atoms with Gasteiger partial charge in [-0.1, -0.05) is 12.8 Å². The van der Waals surface area contributed by atoms with E-state index in [1.807, 2.05) is 0 Å². The van der Waals surface area contributed by atoms with Gasteiger partial charge < -0.3 is 15.1 Å². The molecule has 4 aliphatic heterocycles. The lowest BCUT2D eigenvalue weighted by molar-refractivity contribution is -0.139. The highest BCUT2D eigenvalue weighted by Gasteiger charge is 2.49. The van der Waals surface area contributed by atoms with Gasteiger partial charge in [0, 0.05) is 19.1 Å². The van der Waals surface area contributed by atoms with Crippen LogP contribution in [-0.4, -0.2) is 97.2 Å². The van der Waals surface area contributed by atoms with E-state index in [-0.39, 0.29) is 12.6 Å². The van der Waals surface area contributed by atoms with Gasteiger partial charge in [-0.25, -0.2) is 10.3 Å². The summed E-state index contributed by atoms with van der Waals surface area (Å²) in [7, 11) is -4.81. The Morgan fingerprint density at radius 2 is 1.94 bits per heavy atom. The molecule has 0 saturated carbocycles. The number of amides is 3. The third-order valence-electron chi connectivity index (χ3n) is 6.79. The summed E-state index contributed by atoms with van der Waals surface area (Å²) in [6.45, 7) is 4.88. The molecule has 4 atom stereocenters. The van der Waals surface area contributed by atoms with Crippen molar-refractivity contribution >= 4 is 22.3 Å². The van der Waals surface area contributed by atoms with E-state index in [0.29, 0.717) is 30.4 Å². The van der Waals surface area contributed by atoms with Gasteiger partial charge in [0.15, 0.2) is 0 Å². The molecule has 0 spiro atoms. The molecule has 2 bridgehead atoms. The Balaban J connectivity index is 1.18. The van der Waals surface area contributed by atoms with Crippen LogP contribution in [0.25, 0.3) is 0 Å². The van der Waals surface area contributed by atoms with E-state index < -0.39 is 34.4 Å². The SMILES string of the molecule is O=C(NOC[C@@H]1C[C@@H](CN2CCCCCC2)CN1)[C@@H]1CC[C@@H]2CN1C(=O)N2OS(=O)(=O)O. The second-order valence-corrected chi connectivity index (χ2v) is 10.2. The molecular weight excluding hydrogens is 442 g/mol. The Bertz CT molecular complexity index is 789. The Morgan fingerprint density at radius 1 is 1.19 bits per heavy atom. The van der Waals surface area contributed by atoms with Crippen molar-refractivity contribution in [2.24, 2.45) is 5.92 Å². The van der Waals surface area contributed by atoms with Crippen LogP contribution in [0.15, 0.2) is 0 Å². The predicted molar refractivity (Wildman–Crippen MR) is 112 cm³/mol. The monoisotopic (exact) mass is 475 g/mol. The maximum absolute atomic E-state index is 12.6. The summed E-state index contributed by atoms with van der Waals surface area (Å²) in [6, 6.07) is -1.91.